The maximum Gasteiger partial charge on any atom is 0.228 e. The Balaban J connectivity index is 2.21. The van der Waals surface area contributed by atoms with Crippen LogP contribution in [0, 0.1) is 11.8 Å². The summed E-state index contributed by atoms with van der Waals surface area (Å²) in [5, 5.41) is 0. The maximum absolute atomic E-state index is 11.8. The number of rotatable bonds is 5. The Bertz CT molecular complexity index is 627. The fourth-order valence-corrected chi connectivity index (χ4v) is 2.23. The van der Waals surface area contributed by atoms with E-state index in [1.54, 1.807) is 13.0 Å². The van der Waals surface area contributed by atoms with Gasteiger partial charge in [0.1, 0.15) is 0 Å². The molecule has 0 fully saturated rings. The van der Waals surface area contributed by atoms with E-state index in [4.69, 9.17) is 0 Å². The zero-order chi connectivity index (χ0) is 14.9. The molecule has 1 nitrogen and oxygen atoms in total. The van der Waals surface area contributed by atoms with Crippen molar-refractivity contribution >= 4 is 5.78 Å². The fraction of sp³-hybridized carbons (Fsp3) is 0.150. The molecular weight excluding hydrogens is 256 g/mol. The predicted octanol–water partition coefficient (Wildman–Crippen LogP) is 3.99. The first kappa shape index (κ1) is 14.8. The number of carbonyl (C=O) groups is 1. The first-order valence-corrected chi connectivity index (χ1v) is 7.02. The molecule has 2 rings (SSSR count). The lowest BCUT2D eigenvalue weighted by Crippen LogP contribution is -1.99. The van der Waals surface area contributed by atoms with E-state index in [-0.39, 0.29) is 5.78 Å². The molecule has 0 aliphatic carbocycles. The highest BCUT2D eigenvalue weighted by Gasteiger charge is 2.04. The van der Waals surface area contributed by atoms with Crippen molar-refractivity contribution in [2.45, 2.75) is 19.8 Å². The molecule has 0 bridgehead atoms. The molecule has 2 aromatic carbocycles. The predicted molar refractivity (Wildman–Crippen MR) is 86.8 cm³/mol. The normalized spacial score (nSPS) is 9.38. The van der Waals surface area contributed by atoms with Crippen LogP contribution in [0.4, 0.5) is 0 Å². The monoisotopic (exact) mass is 274 g/mol. The van der Waals surface area contributed by atoms with Gasteiger partial charge in [0.05, 0.1) is 0 Å². The van der Waals surface area contributed by atoms with Gasteiger partial charge in [-0.05, 0) is 42.9 Å². The van der Waals surface area contributed by atoms with Gasteiger partial charge < -0.3 is 0 Å². The minimum Gasteiger partial charge on any atom is -0.280 e. The van der Waals surface area contributed by atoms with E-state index in [0.717, 1.165) is 18.4 Å². The third kappa shape index (κ3) is 5.12. The molecule has 0 aliphatic heterocycles. The third-order valence-corrected chi connectivity index (χ3v) is 3.13. The van der Waals surface area contributed by atoms with Gasteiger partial charge in [-0.1, -0.05) is 72.2 Å². The molecule has 0 atom stereocenters. The van der Waals surface area contributed by atoms with Crippen LogP contribution in [0.15, 0.2) is 72.3 Å². The Morgan fingerprint density at radius 3 is 1.81 bits per heavy atom. The summed E-state index contributed by atoms with van der Waals surface area (Å²) in [7, 11) is 0. The largest absolute Gasteiger partial charge is 0.280 e. The van der Waals surface area contributed by atoms with Gasteiger partial charge in [-0.3, -0.25) is 4.79 Å². The van der Waals surface area contributed by atoms with Crippen LogP contribution in [-0.4, -0.2) is 5.78 Å². The van der Waals surface area contributed by atoms with Crippen molar-refractivity contribution in [3.8, 4) is 11.8 Å². The number of benzene rings is 2. The smallest absolute Gasteiger partial charge is 0.228 e. The summed E-state index contributed by atoms with van der Waals surface area (Å²) in [5.41, 5.74) is 3.49. The second-order valence-electron chi connectivity index (χ2n) is 4.87. The van der Waals surface area contributed by atoms with E-state index in [0.29, 0.717) is 0 Å². The standard InChI is InChI=1S/C20H18O/c1-2-9-20(21)16-19(14-17-10-5-3-6-11-17)15-18-12-7-4-8-13-18/h3-8,10-13,16H,14-15H2,1H3. The van der Waals surface area contributed by atoms with Crippen molar-refractivity contribution < 1.29 is 4.79 Å². The van der Waals surface area contributed by atoms with E-state index < -0.39 is 0 Å². The van der Waals surface area contributed by atoms with Crippen molar-refractivity contribution in [1.29, 1.82) is 0 Å². The van der Waals surface area contributed by atoms with Crippen LogP contribution in [0.3, 0.4) is 0 Å². The van der Waals surface area contributed by atoms with E-state index in [1.165, 1.54) is 11.1 Å². The van der Waals surface area contributed by atoms with Crippen LogP contribution < -0.4 is 0 Å². The molecule has 0 aliphatic rings. The Kier molecular flexibility index (Phi) is 5.55. The van der Waals surface area contributed by atoms with Gasteiger partial charge in [-0.2, -0.15) is 0 Å². The molecule has 0 unspecified atom stereocenters. The van der Waals surface area contributed by atoms with Gasteiger partial charge in [0.15, 0.2) is 0 Å². The van der Waals surface area contributed by atoms with Gasteiger partial charge in [-0.15, -0.1) is 0 Å². The highest BCUT2D eigenvalue weighted by Crippen LogP contribution is 2.14. The van der Waals surface area contributed by atoms with Crippen LogP contribution in [0.25, 0.3) is 0 Å². The van der Waals surface area contributed by atoms with E-state index in [1.807, 2.05) is 36.4 Å². The van der Waals surface area contributed by atoms with Crippen LogP contribution in [-0.2, 0) is 17.6 Å². The van der Waals surface area contributed by atoms with Gasteiger partial charge in [-0.25, -0.2) is 0 Å². The Hall–Kier alpha value is -2.59. The van der Waals surface area contributed by atoms with Crippen molar-refractivity contribution in [3.63, 3.8) is 0 Å². The fourth-order valence-electron chi connectivity index (χ4n) is 2.23. The van der Waals surface area contributed by atoms with E-state index >= 15 is 0 Å². The van der Waals surface area contributed by atoms with Crippen LogP contribution in [0.2, 0.25) is 0 Å². The van der Waals surface area contributed by atoms with Crippen molar-refractivity contribution in [1.82, 2.24) is 0 Å². The zero-order valence-electron chi connectivity index (χ0n) is 12.2. The lowest BCUT2D eigenvalue weighted by molar-refractivity contribution is -0.109. The quantitative estimate of drug-likeness (QED) is 0.458. The van der Waals surface area contributed by atoms with Crippen LogP contribution in [0.5, 0.6) is 0 Å². The summed E-state index contributed by atoms with van der Waals surface area (Å²) in [6, 6.07) is 20.4. The molecule has 0 aromatic heterocycles. The van der Waals surface area contributed by atoms with Crippen LogP contribution >= 0.6 is 0 Å². The molecule has 21 heavy (non-hydrogen) atoms. The SMILES string of the molecule is CC#CC(=O)C=C(Cc1ccccc1)Cc1ccccc1. The molecule has 0 saturated carbocycles. The minimum absolute atomic E-state index is 0.126. The second kappa shape index (κ2) is 7.87. The van der Waals surface area contributed by atoms with Gasteiger partial charge in [0.25, 0.3) is 0 Å². The Labute approximate surface area is 126 Å². The van der Waals surface area contributed by atoms with Crippen LogP contribution in [0.1, 0.15) is 18.1 Å². The number of allylic oxidation sites excluding steroid dienone is 2. The maximum atomic E-state index is 11.8. The minimum atomic E-state index is -0.126. The topological polar surface area (TPSA) is 17.1 Å². The Morgan fingerprint density at radius 1 is 0.905 bits per heavy atom. The van der Waals surface area contributed by atoms with Gasteiger partial charge in [0.2, 0.25) is 5.78 Å². The van der Waals surface area contributed by atoms with Gasteiger partial charge >= 0.3 is 0 Å². The molecule has 2 aromatic rings. The van der Waals surface area contributed by atoms with Gasteiger partial charge in [0, 0.05) is 0 Å². The van der Waals surface area contributed by atoms with Crippen molar-refractivity contribution in [2.75, 3.05) is 0 Å². The molecule has 0 amide bonds. The average Bonchev–Trinajstić information content (AvgIpc) is 2.49. The number of ketones is 1. The highest BCUT2D eigenvalue weighted by molar-refractivity contribution is 6.04. The zero-order valence-corrected chi connectivity index (χ0v) is 12.2. The number of hydrogen-bond donors (Lipinski definition) is 0. The molecule has 104 valence electrons. The molecule has 0 heterocycles. The number of hydrogen-bond acceptors (Lipinski definition) is 1. The molecule has 0 radical (unpaired) electrons. The first-order chi connectivity index (χ1) is 10.3. The molecule has 1 heteroatoms. The molecular formula is C20H18O. The third-order valence-electron chi connectivity index (χ3n) is 3.13. The summed E-state index contributed by atoms with van der Waals surface area (Å²) in [6.45, 7) is 1.68. The van der Waals surface area contributed by atoms with Crippen molar-refractivity contribution in [2.24, 2.45) is 0 Å². The molecule has 0 saturated heterocycles. The summed E-state index contributed by atoms with van der Waals surface area (Å²) in [4.78, 5) is 11.8. The van der Waals surface area contributed by atoms with Crippen molar-refractivity contribution in [3.05, 3.63) is 83.4 Å². The summed E-state index contributed by atoms with van der Waals surface area (Å²) in [5.74, 6) is 5.11. The van der Waals surface area contributed by atoms with E-state index in [2.05, 4.69) is 36.1 Å². The first-order valence-electron chi connectivity index (χ1n) is 7.02. The second-order valence-corrected chi connectivity index (χ2v) is 4.87. The summed E-state index contributed by atoms with van der Waals surface area (Å²) < 4.78 is 0. The Morgan fingerprint density at radius 2 is 1.38 bits per heavy atom. The summed E-state index contributed by atoms with van der Waals surface area (Å²) in [6.07, 6.45) is 3.22. The lowest BCUT2D eigenvalue weighted by Gasteiger charge is -2.07. The van der Waals surface area contributed by atoms with E-state index in [9.17, 15) is 4.79 Å². The average molecular weight is 274 g/mol. The number of carbonyl (C=O) groups excluding carboxylic acids is 1. The lowest BCUT2D eigenvalue weighted by atomic mass is 9.97. The molecule has 0 N–H and O–H groups in total. The highest BCUT2D eigenvalue weighted by atomic mass is 16.1. The molecule has 0 spiro atoms. The summed E-state index contributed by atoms with van der Waals surface area (Å²) >= 11 is 0.